The standard InChI is InChI=1S/C22H18ClN3O5/c1-30-21-12-15(6-11-20(21)31-14-17-4-2-3-5-19(17)23)13-24-25-22(27)16-7-9-18(10-8-16)26(28)29/h2-13H,14H2,1H3,(H,25,27)/b24-13+. The van der Waals surface area contributed by atoms with Gasteiger partial charge in [0.1, 0.15) is 6.61 Å². The van der Waals surface area contributed by atoms with E-state index in [0.717, 1.165) is 5.56 Å². The molecule has 0 heterocycles. The number of nitrogens with zero attached hydrogens (tertiary/aromatic N) is 2. The summed E-state index contributed by atoms with van der Waals surface area (Å²) in [5.74, 6) is 0.546. The normalized spacial score (nSPS) is 10.6. The molecule has 0 aromatic heterocycles. The van der Waals surface area contributed by atoms with Gasteiger partial charge in [-0.1, -0.05) is 29.8 Å². The van der Waals surface area contributed by atoms with Crippen molar-refractivity contribution < 1.29 is 19.2 Å². The maximum Gasteiger partial charge on any atom is 0.271 e. The van der Waals surface area contributed by atoms with Gasteiger partial charge in [-0.2, -0.15) is 5.10 Å². The first-order valence-electron chi connectivity index (χ1n) is 9.10. The molecule has 0 fully saturated rings. The second-order valence-electron chi connectivity index (χ2n) is 6.29. The zero-order chi connectivity index (χ0) is 22.2. The number of rotatable bonds is 8. The van der Waals surface area contributed by atoms with Crippen molar-refractivity contribution in [3.05, 3.63) is 98.6 Å². The number of methoxy groups -OCH3 is 1. The fourth-order valence-corrected chi connectivity index (χ4v) is 2.81. The molecule has 3 rings (SSSR count). The van der Waals surface area contributed by atoms with Gasteiger partial charge in [-0.15, -0.1) is 0 Å². The molecule has 158 valence electrons. The van der Waals surface area contributed by atoms with Crippen LogP contribution < -0.4 is 14.9 Å². The number of carbonyl (C=O) groups excluding carboxylic acids is 1. The molecule has 3 aromatic rings. The summed E-state index contributed by atoms with van der Waals surface area (Å²) >= 11 is 6.14. The SMILES string of the molecule is COc1cc(/C=N/NC(=O)c2ccc([N+](=O)[O-])cc2)ccc1OCc1ccccc1Cl. The number of halogens is 1. The van der Waals surface area contributed by atoms with Crippen LogP contribution in [0.15, 0.2) is 71.8 Å². The molecule has 0 unspecified atom stereocenters. The first-order valence-corrected chi connectivity index (χ1v) is 9.48. The van der Waals surface area contributed by atoms with Crippen molar-refractivity contribution in [3.8, 4) is 11.5 Å². The third kappa shape index (κ3) is 5.80. The molecular formula is C22H18ClN3O5. The number of carbonyl (C=O) groups is 1. The Bertz CT molecular complexity index is 1120. The number of hydrogen-bond acceptors (Lipinski definition) is 6. The average molecular weight is 440 g/mol. The molecule has 0 atom stereocenters. The number of hydrazone groups is 1. The lowest BCUT2D eigenvalue weighted by Gasteiger charge is -2.12. The van der Waals surface area contributed by atoms with Gasteiger partial charge in [0.15, 0.2) is 11.5 Å². The van der Waals surface area contributed by atoms with Crippen LogP contribution in [0, 0.1) is 10.1 Å². The van der Waals surface area contributed by atoms with Gasteiger partial charge in [0.05, 0.1) is 18.2 Å². The molecule has 0 saturated carbocycles. The number of benzene rings is 3. The quantitative estimate of drug-likeness (QED) is 0.314. The fourth-order valence-electron chi connectivity index (χ4n) is 2.62. The molecule has 1 amide bonds. The van der Waals surface area contributed by atoms with Crippen LogP contribution in [0.1, 0.15) is 21.5 Å². The van der Waals surface area contributed by atoms with Crippen LogP contribution in [-0.2, 0) is 6.61 Å². The summed E-state index contributed by atoms with van der Waals surface area (Å²) in [6.07, 6.45) is 1.45. The van der Waals surface area contributed by atoms with E-state index in [-0.39, 0.29) is 17.9 Å². The molecule has 0 saturated heterocycles. The van der Waals surface area contributed by atoms with Crippen molar-refractivity contribution in [1.82, 2.24) is 5.43 Å². The number of hydrogen-bond donors (Lipinski definition) is 1. The summed E-state index contributed by atoms with van der Waals surface area (Å²) in [5.41, 5.74) is 4.06. The van der Waals surface area contributed by atoms with E-state index in [9.17, 15) is 14.9 Å². The molecule has 8 nitrogen and oxygen atoms in total. The van der Waals surface area contributed by atoms with Crippen molar-refractivity contribution in [2.75, 3.05) is 7.11 Å². The predicted octanol–water partition coefficient (Wildman–Crippen LogP) is 4.60. The van der Waals surface area contributed by atoms with E-state index in [1.54, 1.807) is 24.3 Å². The van der Waals surface area contributed by atoms with Crippen LogP contribution in [-0.4, -0.2) is 24.2 Å². The van der Waals surface area contributed by atoms with Gasteiger partial charge in [-0.05, 0) is 42.0 Å². The van der Waals surface area contributed by atoms with E-state index in [1.165, 1.54) is 37.6 Å². The number of nitro benzene ring substituents is 1. The Morgan fingerprint density at radius 1 is 1.13 bits per heavy atom. The minimum absolute atomic E-state index is 0.0935. The van der Waals surface area contributed by atoms with Crippen LogP contribution in [0.3, 0.4) is 0 Å². The Labute approximate surface area is 183 Å². The largest absolute Gasteiger partial charge is 0.493 e. The van der Waals surface area contributed by atoms with Crippen LogP contribution in [0.25, 0.3) is 0 Å². The highest BCUT2D eigenvalue weighted by Crippen LogP contribution is 2.29. The minimum atomic E-state index is -0.533. The van der Waals surface area contributed by atoms with Gasteiger partial charge in [0.2, 0.25) is 0 Å². The lowest BCUT2D eigenvalue weighted by molar-refractivity contribution is -0.384. The van der Waals surface area contributed by atoms with Gasteiger partial charge in [0, 0.05) is 28.3 Å². The Morgan fingerprint density at radius 3 is 2.55 bits per heavy atom. The molecule has 0 aliphatic carbocycles. The zero-order valence-corrected chi connectivity index (χ0v) is 17.2. The summed E-state index contributed by atoms with van der Waals surface area (Å²) in [5, 5.41) is 15.2. The second kappa shape index (κ2) is 10.2. The highest BCUT2D eigenvalue weighted by molar-refractivity contribution is 6.31. The fraction of sp³-hybridized carbons (Fsp3) is 0.0909. The summed E-state index contributed by atoms with van der Waals surface area (Å²) < 4.78 is 11.2. The topological polar surface area (TPSA) is 103 Å². The van der Waals surface area contributed by atoms with Crippen molar-refractivity contribution >= 4 is 29.4 Å². The lowest BCUT2D eigenvalue weighted by atomic mass is 10.2. The maximum absolute atomic E-state index is 12.1. The molecule has 0 radical (unpaired) electrons. The molecule has 9 heteroatoms. The molecule has 0 aliphatic rings. The lowest BCUT2D eigenvalue weighted by Crippen LogP contribution is -2.17. The first kappa shape index (κ1) is 21.8. The van der Waals surface area contributed by atoms with Gasteiger partial charge < -0.3 is 9.47 Å². The monoisotopic (exact) mass is 439 g/mol. The minimum Gasteiger partial charge on any atom is -0.493 e. The Balaban J connectivity index is 1.62. The smallest absolute Gasteiger partial charge is 0.271 e. The molecule has 0 aliphatic heterocycles. The molecule has 1 N–H and O–H groups in total. The van der Waals surface area contributed by atoms with E-state index < -0.39 is 10.8 Å². The van der Waals surface area contributed by atoms with E-state index in [2.05, 4.69) is 10.5 Å². The number of ether oxygens (including phenoxy) is 2. The van der Waals surface area contributed by atoms with Crippen molar-refractivity contribution in [2.45, 2.75) is 6.61 Å². The van der Waals surface area contributed by atoms with E-state index in [1.807, 2.05) is 18.2 Å². The van der Waals surface area contributed by atoms with Gasteiger partial charge in [-0.3, -0.25) is 14.9 Å². The highest BCUT2D eigenvalue weighted by atomic mass is 35.5. The summed E-state index contributed by atoms with van der Waals surface area (Å²) in [4.78, 5) is 22.2. The van der Waals surface area contributed by atoms with Crippen molar-refractivity contribution in [1.29, 1.82) is 0 Å². The van der Waals surface area contributed by atoms with Crippen LogP contribution in [0.4, 0.5) is 5.69 Å². The predicted molar refractivity (Wildman–Crippen MR) is 117 cm³/mol. The van der Waals surface area contributed by atoms with E-state index in [0.29, 0.717) is 22.1 Å². The zero-order valence-electron chi connectivity index (χ0n) is 16.4. The van der Waals surface area contributed by atoms with Crippen LogP contribution >= 0.6 is 11.6 Å². The van der Waals surface area contributed by atoms with Crippen molar-refractivity contribution in [2.24, 2.45) is 5.10 Å². The first-order chi connectivity index (χ1) is 15.0. The molecule has 31 heavy (non-hydrogen) atoms. The molecular weight excluding hydrogens is 422 g/mol. The summed E-state index contributed by atoms with van der Waals surface area (Å²) in [7, 11) is 1.52. The molecule has 0 spiro atoms. The number of nitrogens with one attached hydrogen (secondary N) is 1. The number of amides is 1. The number of nitro groups is 1. The Hall–Kier alpha value is -3.91. The summed E-state index contributed by atoms with van der Waals surface area (Å²) in [6, 6.07) is 17.8. The van der Waals surface area contributed by atoms with Crippen molar-refractivity contribution in [3.63, 3.8) is 0 Å². The van der Waals surface area contributed by atoms with E-state index in [4.69, 9.17) is 21.1 Å². The average Bonchev–Trinajstić information content (AvgIpc) is 2.79. The number of non-ortho nitro benzene ring substituents is 1. The highest BCUT2D eigenvalue weighted by Gasteiger charge is 2.09. The Kier molecular flexibility index (Phi) is 7.18. The summed E-state index contributed by atoms with van der Waals surface area (Å²) in [6.45, 7) is 0.286. The third-order valence-corrected chi connectivity index (χ3v) is 4.62. The van der Waals surface area contributed by atoms with E-state index >= 15 is 0 Å². The Morgan fingerprint density at radius 2 is 1.87 bits per heavy atom. The second-order valence-corrected chi connectivity index (χ2v) is 6.70. The van der Waals surface area contributed by atoms with Crippen LogP contribution in [0.2, 0.25) is 5.02 Å². The van der Waals surface area contributed by atoms with Crippen LogP contribution in [0.5, 0.6) is 11.5 Å². The van der Waals surface area contributed by atoms with Gasteiger partial charge >= 0.3 is 0 Å². The van der Waals surface area contributed by atoms with Gasteiger partial charge in [-0.25, -0.2) is 5.43 Å². The molecule has 0 bridgehead atoms. The third-order valence-electron chi connectivity index (χ3n) is 4.25. The van der Waals surface area contributed by atoms with Gasteiger partial charge in [0.25, 0.3) is 11.6 Å². The maximum atomic E-state index is 12.1. The molecule has 3 aromatic carbocycles.